The number of hydrogen-bond donors (Lipinski definition) is 0. The van der Waals surface area contributed by atoms with Crippen LogP contribution >= 0.6 is 0 Å². The Labute approximate surface area is 77.4 Å². The quantitative estimate of drug-likeness (QED) is 0.421. The first-order chi connectivity index (χ1) is 5.89. The summed E-state index contributed by atoms with van der Waals surface area (Å²) in [5, 5.41) is 0. The highest BCUT2D eigenvalue weighted by atomic mass is 16.6. The lowest BCUT2D eigenvalue weighted by atomic mass is 9.64. The van der Waals surface area contributed by atoms with Gasteiger partial charge in [0.25, 0.3) is 0 Å². The van der Waals surface area contributed by atoms with E-state index in [1.807, 2.05) is 20.8 Å². The van der Waals surface area contributed by atoms with Crippen LogP contribution in [0.4, 0.5) is 0 Å². The Balaban J connectivity index is 2.51. The Kier molecular flexibility index (Phi) is 1.44. The van der Waals surface area contributed by atoms with Gasteiger partial charge in [-0.3, -0.25) is 9.59 Å². The molecule has 0 unspecified atom stereocenters. The maximum absolute atomic E-state index is 11.6. The van der Waals surface area contributed by atoms with E-state index in [1.54, 1.807) is 0 Å². The molecule has 72 valence electrons. The van der Waals surface area contributed by atoms with Crippen LogP contribution in [-0.2, 0) is 14.3 Å². The van der Waals surface area contributed by atoms with E-state index < -0.39 is 5.41 Å². The molecule has 3 nitrogen and oxygen atoms in total. The van der Waals surface area contributed by atoms with E-state index >= 15 is 0 Å². The molecule has 1 aliphatic carbocycles. The molecule has 2 fully saturated rings. The van der Waals surface area contributed by atoms with Gasteiger partial charge in [0.15, 0.2) is 0 Å². The summed E-state index contributed by atoms with van der Waals surface area (Å²) < 4.78 is 4.73. The first-order valence-electron chi connectivity index (χ1n) is 4.66. The number of cyclic esters (lactones) is 2. The van der Waals surface area contributed by atoms with E-state index in [1.165, 1.54) is 0 Å². The zero-order valence-corrected chi connectivity index (χ0v) is 8.22. The summed E-state index contributed by atoms with van der Waals surface area (Å²) in [5.74, 6) is -0.753. The molecule has 13 heavy (non-hydrogen) atoms. The molecule has 0 radical (unpaired) electrons. The maximum Gasteiger partial charge on any atom is 0.320 e. The second kappa shape index (κ2) is 2.14. The topological polar surface area (TPSA) is 43.4 Å². The van der Waals surface area contributed by atoms with Crippen LogP contribution in [0.5, 0.6) is 0 Å². The minimum absolute atomic E-state index is 0.0878. The van der Waals surface area contributed by atoms with E-state index in [2.05, 4.69) is 0 Å². The molecule has 1 saturated heterocycles. The average Bonchev–Trinajstić information content (AvgIpc) is 2.16. The summed E-state index contributed by atoms with van der Waals surface area (Å²) in [4.78, 5) is 22.9. The first kappa shape index (κ1) is 8.73. The number of ether oxygens (including phenoxy) is 1. The van der Waals surface area contributed by atoms with Crippen molar-refractivity contribution in [3.8, 4) is 0 Å². The van der Waals surface area contributed by atoms with Gasteiger partial charge in [-0.15, -0.1) is 0 Å². The Morgan fingerprint density at radius 2 is 1.92 bits per heavy atom. The highest BCUT2D eigenvalue weighted by Crippen LogP contribution is 2.59. The smallest absolute Gasteiger partial charge is 0.320 e. The molecular weight excluding hydrogens is 168 g/mol. The fourth-order valence-electron chi connectivity index (χ4n) is 2.55. The van der Waals surface area contributed by atoms with Crippen LogP contribution < -0.4 is 0 Å². The van der Waals surface area contributed by atoms with Gasteiger partial charge in [0.2, 0.25) is 0 Å². The molecule has 2 aliphatic rings. The van der Waals surface area contributed by atoms with Gasteiger partial charge in [-0.05, 0) is 25.2 Å². The molecule has 0 aromatic rings. The summed E-state index contributed by atoms with van der Waals surface area (Å²) in [6.45, 7) is 5.88. The second-order valence-electron chi connectivity index (χ2n) is 4.85. The summed E-state index contributed by atoms with van der Waals surface area (Å²) in [5.41, 5.74) is -0.689. The van der Waals surface area contributed by atoms with Crippen molar-refractivity contribution in [3.63, 3.8) is 0 Å². The van der Waals surface area contributed by atoms with Gasteiger partial charge in [0.05, 0.1) is 11.3 Å². The third-order valence-electron chi connectivity index (χ3n) is 4.15. The molecule has 0 aromatic carbocycles. The number of esters is 2. The van der Waals surface area contributed by atoms with Gasteiger partial charge in [-0.2, -0.15) is 0 Å². The lowest BCUT2D eigenvalue weighted by molar-refractivity contribution is -0.185. The van der Waals surface area contributed by atoms with E-state index in [0.29, 0.717) is 0 Å². The summed E-state index contributed by atoms with van der Waals surface area (Å²) in [6.07, 6.45) is 1.56. The average molecular weight is 182 g/mol. The highest BCUT2D eigenvalue weighted by Gasteiger charge is 2.63. The van der Waals surface area contributed by atoms with Gasteiger partial charge in [-0.25, -0.2) is 0 Å². The van der Waals surface area contributed by atoms with E-state index in [4.69, 9.17) is 4.74 Å². The molecule has 0 amide bonds. The standard InChI is InChI=1S/C10H14O3/c1-9(2)6-4-5-10(9,3)8(12)13-7(6)11/h6H,4-5H2,1-3H3/t6-,10+/m1/s1. The maximum atomic E-state index is 11.6. The van der Waals surface area contributed by atoms with Crippen LogP contribution in [0, 0.1) is 16.7 Å². The molecule has 0 N–H and O–H groups in total. The third kappa shape index (κ3) is 0.798. The van der Waals surface area contributed by atoms with Crippen molar-refractivity contribution in [2.75, 3.05) is 0 Å². The molecule has 0 spiro atoms. The Hall–Kier alpha value is -0.860. The minimum atomic E-state index is -0.453. The van der Waals surface area contributed by atoms with Gasteiger partial charge in [-0.1, -0.05) is 13.8 Å². The Bertz CT molecular complexity index is 293. The fraction of sp³-hybridized carbons (Fsp3) is 0.800. The van der Waals surface area contributed by atoms with Gasteiger partial charge >= 0.3 is 11.9 Å². The molecular formula is C10H14O3. The fourth-order valence-corrected chi connectivity index (χ4v) is 2.55. The number of carbonyl (C=O) groups is 2. The zero-order valence-electron chi connectivity index (χ0n) is 8.22. The molecule has 3 heteroatoms. The van der Waals surface area contributed by atoms with Crippen molar-refractivity contribution in [3.05, 3.63) is 0 Å². The number of carbonyl (C=O) groups excluding carboxylic acids is 2. The van der Waals surface area contributed by atoms with Crippen molar-refractivity contribution in [2.45, 2.75) is 33.6 Å². The SMILES string of the molecule is CC1(C)[C@@H]2CC[C@@]1(C)C(=O)OC2=O. The zero-order chi connectivity index (χ0) is 9.85. The highest BCUT2D eigenvalue weighted by molar-refractivity contribution is 5.95. The lowest BCUT2D eigenvalue weighted by Gasteiger charge is -2.41. The molecule has 1 saturated carbocycles. The van der Waals surface area contributed by atoms with Gasteiger partial charge in [0, 0.05) is 0 Å². The largest absolute Gasteiger partial charge is 0.392 e. The summed E-state index contributed by atoms with van der Waals surface area (Å²) in [6, 6.07) is 0. The van der Waals surface area contributed by atoms with Crippen LogP contribution in [0.15, 0.2) is 0 Å². The van der Waals surface area contributed by atoms with Gasteiger partial charge < -0.3 is 4.74 Å². The minimum Gasteiger partial charge on any atom is -0.392 e. The van der Waals surface area contributed by atoms with Crippen molar-refractivity contribution in [1.29, 1.82) is 0 Å². The Morgan fingerprint density at radius 1 is 1.31 bits per heavy atom. The number of rotatable bonds is 0. The Morgan fingerprint density at radius 3 is 2.54 bits per heavy atom. The van der Waals surface area contributed by atoms with Crippen LogP contribution in [-0.4, -0.2) is 11.9 Å². The number of fused-ring (bicyclic) bond motifs is 2. The van der Waals surface area contributed by atoms with Crippen molar-refractivity contribution in [2.24, 2.45) is 16.7 Å². The molecule has 2 rings (SSSR count). The second-order valence-corrected chi connectivity index (χ2v) is 4.85. The number of hydrogen-bond acceptors (Lipinski definition) is 3. The summed E-state index contributed by atoms with van der Waals surface area (Å²) in [7, 11) is 0. The van der Waals surface area contributed by atoms with Gasteiger partial charge in [0.1, 0.15) is 0 Å². The normalized spacial score (nSPS) is 41.9. The molecule has 2 bridgehead atoms. The third-order valence-corrected chi connectivity index (χ3v) is 4.15. The molecule has 1 heterocycles. The van der Waals surface area contributed by atoms with E-state index in [0.717, 1.165) is 12.8 Å². The first-order valence-corrected chi connectivity index (χ1v) is 4.66. The molecule has 0 aromatic heterocycles. The van der Waals surface area contributed by atoms with Crippen molar-refractivity contribution in [1.82, 2.24) is 0 Å². The van der Waals surface area contributed by atoms with Crippen molar-refractivity contribution >= 4 is 11.9 Å². The lowest BCUT2D eigenvalue weighted by Crippen LogP contribution is -2.49. The van der Waals surface area contributed by atoms with E-state index in [9.17, 15) is 9.59 Å². The monoisotopic (exact) mass is 182 g/mol. The summed E-state index contributed by atoms with van der Waals surface area (Å²) >= 11 is 0. The van der Waals surface area contributed by atoms with Crippen LogP contribution in [0.25, 0.3) is 0 Å². The van der Waals surface area contributed by atoms with Crippen LogP contribution in [0.3, 0.4) is 0 Å². The predicted molar refractivity (Wildman–Crippen MR) is 45.7 cm³/mol. The van der Waals surface area contributed by atoms with Crippen LogP contribution in [0.1, 0.15) is 33.6 Å². The predicted octanol–water partition coefficient (Wildman–Crippen LogP) is 1.51. The van der Waals surface area contributed by atoms with Crippen molar-refractivity contribution < 1.29 is 14.3 Å². The molecule has 1 aliphatic heterocycles. The van der Waals surface area contributed by atoms with Crippen LogP contribution in [0.2, 0.25) is 0 Å². The van der Waals surface area contributed by atoms with E-state index in [-0.39, 0.29) is 23.3 Å². The molecule has 2 atom stereocenters.